The molecule has 1 aliphatic heterocycles. The molecule has 0 aromatic rings. The zero-order chi connectivity index (χ0) is 12.3. The van der Waals surface area contributed by atoms with Crippen molar-refractivity contribution >= 4 is 17.8 Å². The van der Waals surface area contributed by atoms with Crippen molar-refractivity contribution in [2.75, 3.05) is 6.54 Å². The van der Waals surface area contributed by atoms with Gasteiger partial charge in [0.05, 0.1) is 5.92 Å². The first-order chi connectivity index (χ1) is 7.47. The second kappa shape index (κ2) is 4.66. The summed E-state index contributed by atoms with van der Waals surface area (Å²) in [6, 6.07) is -1.07. The molecule has 1 fully saturated rings. The van der Waals surface area contributed by atoms with Crippen LogP contribution >= 0.6 is 0 Å². The van der Waals surface area contributed by atoms with Crippen LogP contribution in [0.3, 0.4) is 0 Å². The topological polar surface area (TPSA) is 101 Å². The molecule has 1 rings (SSSR count). The van der Waals surface area contributed by atoms with E-state index in [0.717, 1.165) is 4.90 Å². The predicted molar refractivity (Wildman–Crippen MR) is 53.9 cm³/mol. The molecule has 1 saturated heterocycles. The molecule has 1 aliphatic rings. The minimum absolute atomic E-state index is 0.0345. The quantitative estimate of drug-likeness (QED) is 0.585. The maximum Gasteiger partial charge on any atom is 0.327 e. The molecule has 1 heterocycles. The SMILES string of the molecule is C#CC[C@@H](C(=O)O)N1CC(C(N)=O)CC1=O. The molecule has 3 N–H and O–H groups in total. The Morgan fingerprint density at radius 3 is 2.69 bits per heavy atom. The van der Waals surface area contributed by atoms with Crippen LogP contribution in [0.4, 0.5) is 0 Å². The fraction of sp³-hybridized carbons (Fsp3) is 0.500. The van der Waals surface area contributed by atoms with Crippen molar-refractivity contribution in [1.82, 2.24) is 4.90 Å². The summed E-state index contributed by atoms with van der Waals surface area (Å²) in [5.41, 5.74) is 5.07. The lowest BCUT2D eigenvalue weighted by molar-refractivity contribution is -0.148. The van der Waals surface area contributed by atoms with Gasteiger partial charge in [0.15, 0.2) is 0 Å². The summed E-state index contributed by atoms with van der Waals surface area (Å²) in [5, 5.41) is 8.90. The van der Waals surface area contributed by atoms with Gasteiger partial charge in [-0.1, -0.05) is 0 Å². The highest BCUT2D eigenvalue weighted by atomic mass is 16.4. The Hall–Kier alpha value is -2.03. The van der Waals surface area contributed by atoms with Crippen molar-refractivity contribution in [2.24, 2.45) is 11.7 Å². The van der Waals surface area contributed by atoms with Crippen LogP contribution in [-0.4, -0.2) is 40.4 Å². The van der Waals surface area contributed by atoms with Crippen LogP contribution < -0.4 is 5.73 Å². The number of carbonyl (C=O) groups is 3. The van der Waals surface area contributed by atoms with E-state index in [1.165, 1.54) is 0 Å². The number of carbonyl (C=O) groups excluding carboxylic acids is 2. The third-order valence-electron chi connectivity index (χ3n) is 2.53. The van der Waals surface area contributed by atoms with Crippen LogP contribution in [0.25, 0.3) is 0 Å². The van der Waals surface area contributed by atoms with Crippen molar-refractivity contribution in [2.45, 2.75) is 18.9 Å². The van der Waals surface area contributed by atoms with E-state index in [2.05, 4.69) is 5.92 Å². The number of nitrogens with zero attached hydrogens (tertiary/aromatic N) is 1. The van der Waals surface area contributed by atoms with Gasteiger partial charge in [0.25, 0.3) is 0 Å². The highest BCUT2D eigenvalue weighted by Crippen LogP contribution is 2.21. The number of rotatable bonds is 4. The average molecular weight is 224 g/mol. The maximum absolute atomic E-state index is 11.5. The van der Waals surface area contributed by atoms with Gasteiger partial charge in [0.1, 0.15) is 6.04 Å². The summed E-state index contributed by atoms with van der Waals surface area (Å²) in [6.07, 6.45) is 4.92. The first-order valence-corrected chi connectivity index (χ1v) is 4.72. The molecule has 6 nitrogen and oxygen atoms in total. The van der Waals surface area contributed by atoms with Gasteiger partial charge >= 0.3 is 5.97 Å². The zero-order valence-electron chi connectivity index (χ0n) is 8.55. The largest absolute Gasteiger partial charge is 0.480 e. The fourth-order valence-electron chi connectivity index (χ4n) is 1.67. The molecule has 2 amide bonds. The summed E-state index contributed by atoms with van der Waals surface area (Å²) in [4.78, 5) is 34.4. The number of hydrogen-bond acceptors (Lipinski definition) is 3. The maximum atomic E-state index is 11.5. The van der Waals surface area contributed by atoms with Gasteiger partial charge in [-0.2, -0.15) is 0 Å². The molecule has 0 radical (unpaired) electrons. The van der Waals surface area contributed by atoms with Crippen molar-refractivity contribution < 1.29 is 19.5 Å². The van der Waals surface area contributed by atoms with Gasteiger partial charge < -0.3 is 15.7 Å². The van der Waals surface area contributed by atoms with E-state index in [1.54, 1.807) is 0 Å². The van der Waals surface area contributed by atoms with Crippen molar-refractivity contribution in [1.29, 1.82) is 0 Å². The van der Waals surface area contributed by atoms with Crippen LogP contribution in [0, 0.1) is 18.3 Å². The minimum atomic E-state index is -1.17. The molecule has 86 valence electrons. The molecular formula is C10H12N2O4. The number of likely N-dealkylation sites (tertiary alicyclic amines) is 1. The Bertz CT molecular complexity index is 372. The Morgan fingerprint density at radius 1 is 1.69 bits per heavy atom. The third-order valence-corrected chi connectivity index (χ3v) is 2.53. The second-order valence-electron chi connectivity index (χ2n) is 3.61. The smallest absolute Gasteiger partial charge is 0.327 e. The van der Waals surface area contributed by atoms with Crippen molar-refractivity contribution in [3.8, 4) is 12.3 Å². The monoisotopic (exact) mass is 224 g/mol. The second-order valence-corrected chi connectivity index (χ2v) is 3.61. The number of nitrogens with two attached hydrogens (primary N) is 1. The number of aliphatic carboxylic acids is 1. The van der Waals surface area contributed by atoms with E-state index in [0.29, 0.717) is 0 Å². The number of primary amides is 1. The van der Waals surface area contributed by atoms with Gasteiger partial charge in [-0.3, -0.25) is 9.59 Å². The average Bonchev–Trinajstić information content (AvgIpc) is 2.56. The lowest BCUT2D eigenvalue weighted by Crippen LogP contribution is -2.42. The highest BCUT2D eigenvalue weighted by Gasteiger charge is 2.39. The molecule has 0 bridgehead atoms. The molecule has 2 atom stereocenters. The number of carboxylic acid groups (broad SMARTS) is 1. The molecular weight excluding hydrogens is 212 g/mol. The Labute approximate surface area is 92.4 Å². The molecule has 0 saturated carbocycles. The van der Waals surface area contributed by atoms with E-state index in [4.69, 9.17) is 17.3 Å². The summed E-state index contributed by atoms with van der Waals surface area (Å²) < 4.78 is 0. The first kappa shape index (κ1) is 12.0. The molecule has 0 spiro atoms. The van der Waals surface area contributed by atoms with Gasteiger partial charge in [-0.25, -0.2) is 4.79 Å². The Kier molecular flexibility index (Phi) is 3.51. The van der Waals surface area contributed by atoms with Crippen LogP contribution in [-0.2, 0) is 14.4 Å². The standard InChI is InChI=1S/C10H12N2O4/c1-2-3-7(10(15)16)12-5-6(9(11)14)4-8(12)13/h1,6-7H,3-5H2,(H2,11,14)(H,15,16)/t6?,7-/m0/s1. The van der Waals surface area contributed by atoms with E-state index in [9.17, 15) is 14.4 Å². The molecule has 0 aliphatic carbocycles. The molecule has 1 unspecified atom stereocenters. The number of terminal acetylenes is 1. The summed E-state index contributed by atoms with van der Waals surface area (Å²) in [5.74, 6) is -0.582. The normalized spacial score (nSPS) is 21.6. The molecule has 0 aromatic carbocycles. The van der Waals surface area contributed by atoms with E-state index < -0.39 is 29.7 Å². The van der Waals surface area contributed by atoms with Gasteiger partial charge in [0.2, 0.25) is 11.8 Å². The highest BCUT2D eigenvalue weighted by molar-refractivity contribution is 5.91. The fourth-order valence-corrected chi connectivity index (χ4v) is 1.67. The van der Waals surface area contributed by atoms with Gasteiger partial charge in [-0.15, -0.1) is 12.3 Å². The van der Waals surface area contributed by atoms with Gasteiger partial charge in [0, 0.05) is 19.4 Å². The molecule has 6 heteroatoms. The van der Waals surface area contributed by atoms with E-state index in [-0.39, 0.29) is 19.4 Å². The van der Waals surface area contributed by atoms with Crippen molar-refractivity contribution in [3.63, 3.8) is 0 Å². The summed E-state index contributed by atoms with van der Waals surface area (Å²) in [6.45, 7) is 0.0345. The lowest BCUT2D eigenvalue weighted by atomic mass is 10.1. The molecule has 0 aromatic heterocycles. The first-order valence-electron chi connectivity index (χ1n) is 4.72. The van der Waals surface area contributed by atoms with Crippen LogP contribution in [0.15, 0.2) is 0 Å². The minimum Gasteiger partial charge on any atom is -0.480 e. The summed E-state index contributed by atoms with van der Waals surface area (Å²) in [7, 11) is 0. The summed E-state index contributed by atoms with van der Waals surface area (Å²) >= 11 is 0. The Morgan fingerprint density at radius 2 is 2.31 bits per heavy atom. The van der Waals surface area contributed by atoms with E-state index in [1.807, 2.05) is 0 Å². The van der Waals surface area contributed by atoms with Crippen LogP contribution in [0.1, 0.15) is 12.8 Å². The Balaban J connectivity index is 2.80. The van der Waals surface area contributed by atoms with E-state index >= 15 is 0 Å². The third kappa shape index (κ3) is 2.31. The number of carboxylic acids is 1. The molecule has 16 heavy (non-hydrogen) atoms. The van der Waals surface area contributed by atoms with Crippen LogP contribution in [0.2, 0.25) is 0 Å². The predicted octanol–water partition coefficient (Wildman–Crippen LogP) is -1.20. The number of amides is 2. The zero-order valence-corrected chi connectivity index (χ0v) is 8.55. The van der Waals surface area contributed by atoms with Crippen molar-refractivity contribution in [3.05, 3.63) is 0 Å². The van der Waals surface area contributed by atoms with Crippen LogP contribution in [0.5, 0.6) is 0 Å². The lowest BCUT2D eigenvalue weighted by Gasteiger charge is -2.22. The van der Waals surface area contributed by atoms with Gasteiger partial charge in [-0.05, 0) is 0 Å². The number of hydrogen-bond donors (Lipinski definition) is 2.